The standard InChI is InChI=1S/2C18H15P.C15H10.2ClH.Ru/c2*1-4-10-16(11-5-1)19(17-12-6-2-7-13-17)18-14-8-3-9-15-18;1-2-15(13-9-5-3-6-10-13)14-11-7-4-8-12-14;;;/h2*1-15H;3-12H;2*1H;/q;;;;;+2/p-2. The van der Waals surface area contributed by atoms with E-state index < -0.39 is 29.4 Å². The van der Waals surface area contributed by atoms with Crippen molar-refractivity contribution in [3.8, 4) is 0 Å². The first-order valence-corrected chi connectivity index (χ1v) is 26.1. The van der Waals surface area contributed by atoms with Crippen molar-refractivity contribution in [2.24, 2.45) is 0 Å². The van der Waals surface area contributed by atoms with Crippen LogP contribution in [0.3, 0.4) is 0 Å². The Hall–Kier alpha value is -4.75. The van der Waals surface area contributed by atoms with Gasteiger partial charge in [0.15, 0.2) is 0 Å². The second-order valence-corrected chi connectivity index (χ2v) is 21.9. The van der Waals surface area contributed by atoms with Crippen molar-refractivity contribution in [2.45, 2.75) is 0 Å². The predicted molar refractivity (Wildman–Crippen MR) is 246 cm³/mol. The topological polar surface area (TPSA) is 0 Å². The van der Waals surface area contributed by atoms with Gasteiger partial charge in [-0.3, -0.25) is 0 Å². The van der Waals surface area contributed by atoms with Crippen molar-refractivity contribution in [3.63, 3.8) is 0 Å². The van der Waals surface area contributed by atoms with Crippen LogP contribution in [-0.2, 0) is 13.5 Å². The number of halogens is 2. The van der Waals surface area contributed by atoms with E-state index >= 15 is 0 Å². The summed E-state index contributed by atoms with van der Waals surface area (Å²) in [4.78, 5) is 0. The molecule has 0 bridgehead atoms. The summed E-state index contributed by atoms with van der Waals surface area (Å²) < 4.78 is 2.93. The SMILES string of the molecule is [Cl][Ru]([Cl])=[C]=C=C(c1ccccc1)c1ccccc1.c1ccc(P(c2ccccc2)c2ccccc2)cc1.c1ccc(P(c2ccccc2)c2ccccc2)cc1. The van der Waals surface area contributed by atoms with Crippen LogP contribution >= 0.6 is 35.2 Å². The Morgan fingerprint density at radius 2 is 0.500 bits per heavy atom. The molecule has 0 unspecified atom stereocenters. The Kier molecular flexibility index (Phi) is 16.6. The average Bonchev–Trinajstić information content (AvgIpc) is 3.27. The molecule has 8 aromatic carbocycles. The van der Waals surface area contributed by atoms with E-state index in [1.165, 1.54) is 31.8 Å². The van der Waals surface area contributed by atoms with E-state index in [9.17, 15) is 0 Å². The molecular formula is C51H40Cl2P2Ru. The van der Waals surface area contributed by atoms with Gasteiger partial charge in [0.25, 0.3) is 0 Å². The van der Waals surface area contributed by atoms with Gasteiger partial charge in [0, 0.05) is 0 Å². The maximum Gasteiger partial charge on any atom is -0.0134 e. The minimum absolute atomic E-state index is 0.446. The summed E-state index contributed by atoms with van der Waals surface area (Å²) in [5, 5.41) is 8.39. The van der Waals surface area contributed by atoms with Crippen LogP contribution in [0.1, 0.15) is 11.1 Å². The van der Waals surface area contributed by atoms with Crippen LogP contribution in [0.5, 0.6) is 0 Å². The molecule has 5 heteroatoms. The van der Waals surface area contributed by atoms with E-state index in [0.29, 0.717) is 0 Å². The molecule has 0 aliphatic rings. The maximum atomic E-state index is 5.82. The monoisotopic (exact) mass is 886 g/mol. The molecule has 0 saturated carbocycles. The molecule has 0 fully saturated rings. The summed E-state index contributed by atoms with van der Waals surface area (Å²) in [6.45, 7) is 0. The molecule has 0 aromatic heterocycles. The van der Waals surface area contributed by atoms with Gasteiger partial charge in [0.1, 0.15) is 0 Å². The van der Waals surface area contributed by atoms with Gasteiger partial charge in [-0.1, -0.05) is 182 Å². The summed E-state index contributed by atoms with van der Waals surface area (Å²) in [6, 6.07) is 84.8. The Morgan fingerprint density at radius 3 is 0.696 bits per heavy atom. The summed E-state index contributed by atoms with van der Waals surface area (Å²) >= 11 is -1.95. The molecule has 0 heterocycles. The number of benzene rings is 8. The molecule has 0 amide bonds. The first-order valence-electron chi connectivity index (χ1n) is 18.1. The van der Waals surface area contributed by atoms with Crippen molar-refractivity contribution in [1.82, 2.24) is 0 Å². The molecular weight excluding hydrogens is 846 g/mol. The quantitative estimate of drug-likeness (QED) is 0.0810. The van der Waals surface area contributed by atoms with E-state index in [2.05, 4.69) is 192 Å². The second kappa shape index (κ2) is 22.7. The van der Waals surface area contributed by atoms with Crippen molar-refractivity contribution in [2.75, 3.05) is 0 Å². The van der Waals surface area contributed by atoms with Crippen LogP contribution in [-0.4, -0.2) is 4.26 Å². The summed E-state index contributed by atoms with van der Waals surface area (Å²) in [7, 11) is 10.7. The molecule has 0 nitrogen and oxygen atoms in total. The van der Waals surface area contributed by atoms with Crippen LogP contribution in [0.4, 0.5) is 0 Å². The van der Waals surface area contributed by atoms with Crippen LogP contribution in [0.25, 0.3) is 5.57 Å². The molecule has 0 spiro atoms. The third-order valence-corrected chi connectivity index (χ3v) is 14.7. The first-order chi connectivity index (χ1) is 27.7. The molecule has 0 radical (unpaired) electrons. The Balaban J connectivity index is 0.000000142. The van der Waals surface area contributed by atoms with Gasteiger partial charge in [0.05, 0.1) is 0 Å². The fourth-order valence-corrected chi connectivity index (χ4v) is 11.3. The Labute approximate surface area is 347 Å². The van der Waals surface area contributed by atoms with Crippen molar-refractivity contribution < 1.29 is 13.5 Å². The number of hydrogen-bond donors (Lipinski definition) is 0. The van der Waals surface area contributed by atoms with Gasteiger partial charge < -0.3 is 0 Å². The van der Waals surface area contributed by atoms with Crippen molar-refractivity contribution >= 4 is 76.9 Å². The Bertz CT molecular complexity index is 2070. The largest absolute Gasteiger partial charge is 0.0622 e. The molecule has 0 saturated heterocycles. The van der Waals surface area contributed by atoms with E-state index in [-0.39, 0.29) is 0 Å². The molecule has 0 aliphatic heterocycles. The molecule has 0 atom stereocenters. The van der Waals surface area contributed by atoms with Crippen molar-refractivity contribution in [1.29, 1.82) is 0 Å². The zero-order valence-corrected chi connectivity index (χ0v) is 35.6. The fraction of sp³-hybridized carbons (Fsp3) is 0. The van der Waals surface area contributed by atoms with Crippen LogP contribution in [0, 0.1) is 0 Å². The summed E-state index contributed by atoms with van der Waals surface area (Å²) in [6.07, 6.45) is 0. The normalized spacial score (nSPS) is 10.5. The van der Waals surface area contributed by atoms with Crippen LogP contribution in [0.15, 0.2) is 248 Å². The molecule has 8 rings (SSSR count). The second-order valence-electron chi connectivity index (χ2n) is 12.2. The minimum Gasteiger partial charge on any atom is -0.0622 e. The minimum atomic E-state index is -1.95. The molecule has 0 aliphatic carbocycles. The predicted octanol–water partition coefficient (Wildman–Crippen LogP) is 11.5. The van der Waals surface area contributed by atoms with Gasteiger partial charge in [-0.2, -0.15) is 0 Å². The fourth-order valence-electron chi connectivity index (χ4n) is 5.96. The molecule has 276 valence electrons. The summed E-state index contributed by atoms with van der Waals surface area (Å²) in [5.41, 5.74) is 6.25. The molecule has 56 heavy (non-hydrogen) atoms. The van der Waals surface area contributed by atoms with Gasteiger partial charge >= 0.3 is 120 Å². The average molecular weight is 887 g/mol. The van der Waals surface area contributed by atoms with E-state index in [1.807, 2.05) is 60.7 Å². The number of rotatable bonds is 8. The van der Waals surface area contributed by atoms with Crippen molar-refractivity contribution in [3.05, 3.63) is 260 Å². The zero-order chi connectivity index (χ0) is 38.6. The Morgan fingerprint density at radius 1 is 0.304 bits per heavy atom. The molecule has 0 N–H and O–H groups in total. The molecule has 8 aromatic rings. The first kappa shape index (κ1) is 40.9. The van der Waals surface area contributed by atoms with Gasteiger partial charge in [0.2, 0.25) is 0 Å². The van der Waals surface area contributed by atoms with E-state index in [4.69, 9.17) is 19.4 Å². The number of hydrogen-bond acceptors (Lipinski definition) is 0. The zero-order valence-electron chi connectivity index (χ0n) is 30.6. The maximum absolute atomic E-state index is 5.82. The third kappa shape index (κ3) is 12.4. The van der Waals surface area contributed by atoms with Crippen LogP contribution < -0.4 is 31.8 Å². The van der Waals surface area contributed by atoms with Crippen LogP contribution in [0.2, 0.25) is 0 Å². The van der Waals surface area contributed by atoms with Gasteiger partial charge in [-0.25, -0.2) is 0 Å². The smallest absolute Gasteiger partial charge is 0.0134 e. The van der Waals surface area contributed by atoms with Gasteiger partial charge in [-0.15, -0.1) is 0 Å². The summed E-state index contributed by atoms with van der Waals surface area (Å²) in [5.74, 6) is 0. The van der Waals surface area contributed by atoms with E-state index in [1.54, 1.807) is 0 Å². The van der Waals surface area contributed by atoms with E-state index in [0.717, 1.165) is 16.7 Å². The van der Waals surface area contributed by atoms with Gasteiger partial charge in [-0.05, 0) is 47.7 Å². The third-order valence-electron chi connectivity index (χ3n) is 8.45.